The molecule has 4 nitrogen and oxygen atoms in total. The smallest absolute Gasteiger partial charge is 0.275 e. The quantitative estimate of drug-likeness (QED) is 0.390. The van der Waals surface area contributed by atoms with E-state index in [0.29, 0.717) is 10.8 Å². The Bertz CT molecular complexity index is 1220. The highest BCUT2D eigenvalue weighted by molar-refractivity contribution is 7.13. The van der Waals surface area contributed by atoms with Crippen LogP contribution in [0.4, 0.5) is 14.5 Å². The zero-order valence-electron chi connectivity index (χ0n) is 16.6. The van der Waals surface area contributed by atoms with E-state index in [2.05, 4.69) is 10.3 Å². The van der Waals surface area contributed by atoms with E-state index in [9.17, 15) is 13.6 Å². The Balaban J connectivity index is 1.41. The molecule has 0 spiro atoms. The molecule has 0 radical (unpaired) electrons. The number of anilines is 1. The van der Waals surface area contributed by atoms with Gasteiger partial charge < -0.3 is 10.1 Å². The summed E-state index contributed by atoms with van der Waals surface area (Å²) in [6, 6.07) is 18.0. The minimum atomic E-state index is -0.497. The largest absolute Gasteiger partial charge is 0.489 e. The van der Waals surface area contributed by atoms with Crippen LogP contribution < -0.4 is 10.1 Å². The molecule has 1 aromatic heterocycles. The van der Waals surface area contributed by atoms with Crippen molar-refractivity contribution in [1.82, 2.24) is 4.98 Å². The fourth-order valence-corrected chi connectivity index (χ4v) is 3.73. The molecule has 0 bridgehead atoms. The van der Waals surface area contributed by atoms with E-state index < -0.39 is 11.7 Å². The zero-order chi connectivity index (χ0) is 21.8. The number of nitrogens with zero attached hydrogens (tertiary/aromatic N) is 1. The van der Waals surface area contributed by atoms with E-state index in [0.717, 1.165) is 16.7 Å². The number of hydrogen-bond donors (Lipinski definition) is 1. The molecule has 0 fully saturated rings. The first kappa shape index (κ1) is 20.7. The Morgan fingerprint density at radius 1 is 1.06 bits per heavy atom. The SMILES string of the molecule is Cc1ccc(F)c(NC(=O)c2csc(-c3ccc(OCc4cccc(F)c4)cc3)n2)c1. The van der Waals surface area contributed by atoms with Crippen LogP contribution >= 0.6 is 11.3 Å². The van der Waals surface area contributed by atoms with E-state index in [4.69, 9.17) is 4.74 Å². The van der Waals surface area contributed by atoms with Crippen molar-refractivity contribution in [2.45, 2.75) is 13.5 Å². The molecule has 0 saturated carbocycles. The second-order valence-electron chi connectivity index (χ2n) is 6.92. The first-order valence-electron chi connectivity index (χ1n) is 9.48. The van der Waals surface area contributed by atoms with Crippen molar-refractivity contribution in [3.63, 3.8) is 0 Å². The lowest BCUT2D eigenvalue weighted by atomic mass is 10.2. The fraction of sp³-hybridized carbons (Fsp3) is 0.0833. The van der Waals surface area contributed by atoms with Gasteiger partial charge in [-0.2, -0.15) is 0 Å². The van der Waals surface area contributed by atoms with Crippen molar-refractivity contribution in [3.8, 4) is 16.3 Å². The molecule has 7 heteroatoms. The summed E-state index contributed by atoms with van der Waals surface area (Å²) in [5.74, 6) is -0.632. The minimum absolute atomic E-state index is 0.124. The summed E-state index contributed by atoms with van der Waals surface area (Å²) in [6.07, 6.45) is 0. The van der Waals surface area contributed by atoms with Crippen molar-refractivity contribution >= 4 is 22.9 Å². The van der Waals surface area contributed by atoms with Gasteiger partial charge in [0.05, 0.1) is 5.69 Å². The molecule has 156 valence electrons. The van der Waals surface area contributed by atoms with Gasteiger partial charge in [0, 0.05) is 10.9 Å². The van der Waals surface area contributed by atoms with Crippen LogP contribution in [-0.2, 0) is 6.61 Å². The Kier molecular flexibility index (Phi) is 6.04. The molecule has 1 heterocycles. The highest BCUT2D eigenvalue weighted by Gasteiger charge is 2.14. The van der Waals surface area contributed by atoms with Gasteiger partial charge in [-0.15, -0.1) is 11.3 Å². The zero-order valence-corrected chi connectivity index (χ0v) is 17.4. The lowest BCUT2D eigenvalue weighted by Crippen LogP contribution is -2.13. The third kappa shape index (κ3) is 5.13. The van der Waals surface area contributed by atoms with Gasteiger partial charge in [-0.05, 0) is 66.6 Å². The Morgan fingerprint density at radius 2 is 1.87 bits per heavy atom. The number of carbonyl (C=O) groups is 1. The van der Waals surface area contributed by atoms with E-state index in [-0.39, 0.29) is 23.8 Å². The average Bonchev–Trinajstić information content (AvgIpc) is 3.26. The van der Waals surface area contributed by atoms with Crippen LogP contribution in [0.1, 0.15) is 21.6 Å². The maximum Gasteiger partial charge on any atom is 0.275 e. The van der Waals surface area contributed by atoms with E-state index >= 15 is 0 Å². The number of nitrogens with one attached hydrogen (secondary N) is 1. The second-order valence-corrected chi connectivity index (χ2v) is 7.78. The molecular formula is C24H18F2N2O2S. The summed E-state index contributed by atoms with van der Waals surface area (Å²) in [5, 5.41) is 4.85. The lowest BCUT2D eigenvalue weighted by Gasteiger charge is -2.07. The van der Waals surface area contributed by atoms with Crippen LogP contribution in [0.25, 0.3) is 10.6 Å². The number of halogens is 2. The first-order chi connectivity index (χ1) is 15.0. The van der Waals surface area contributed by atoms with Crippen molar-refractivity contribution in [3.05, 3.63) is 101 Å². The van der Waals surface area contributed by atoms with Crippen molar-refractivity contribution < 1.29 is 18.3 Å². The number of thiazole rings is 1. The van der Waals surface area contributed by atoms with Crippen LogP contribution in [0.3, 0.4) is 0 Å². The molecule has 31 heavy (non-hydrogen) atoms. The van der Waals surface area contributed by atoms with Crippen LogP contribution in [0.5, 0.6) is 5.75 Å². The van der Waals surface area contributed by atoms with Gasteiger partial charge in [0.2, 0.25) is 0 Å². The summed E-state index contributed by atoms with van der Waals surface area (Å²) in [5.41, 5.74) is 2.75. The molecule has 0 aliphatic rings. The summed E-state index contributed by atoms with van der Waals surface area (Å²) in [7, 11) is 0. The molecule has 1 amide bonds. The molecule has 0 unspecified atom stereocenters. The Morgan fingerprint density at radius 3 is 2.65 bits per heavy atom. The third-order valence-electron chi connectivity index (χ3n) is 4.50. The maximum absolute atomic E-state index is 13.9. The van der Waals surface area contributed by atoms with Gasteiger partial charge in [-0.25, -0.2) is 13.8 Å². The molecule has 0 saturated heterocycles. The summed E-state index contributed by atoms with van der Waals surface area (Å²) in [4.78, 5) is 16.8. The van der Waals surface area contributed by atoms with E-state index in [1.807, 2.05) is 19.1 Å². The Hall–Kier alpha value is -3.58. The van der Waals surface area contributed by atoms with Crippen molar-refractivity contribution in [1.29, 1.82) is 0 Å². The fourth-order valence-electron chi connectivity index (χ4n) is 2.92. The van der Waals surface area contributed by atoms with Gasteiger partial charge in [0.1, 0.15) is 34.7 Å². The van der Waals surface area contributed by atoms with Gasteiger partial charge in [-0.1, -0.05) is 18.2 Å². The van der Waals surface area contributed by atoms with Crippen LogP contribution in [-0.4, -0.2) is 10.9 Å². The Labute approximate surface area is 182 Å². The second kappa shape index (κ2) is 9.06. The first-order valence-corrected chi connectivity index (χ1v) is 10.4. The molecule has 4 rings (SSSR count). The number of benzene rings is 3. The molecular weight excluding hydrogens is 418 g/mol. The lowest BCUT2D eigenvalue weighted by molar-refractivity contribution is 0.102. The predicted octanol–water partition coefficient (Wildman–Crippen LogP) is 6.23. The molecule has 3 aromatic carbocycles. The van der Waals surface area contributed by atoms with Gasteiger partial charge in [-0.3, -0.25) is 4.79 Å². The number of hydrogen-bond acceptors (Lipinski definition) is 4. The predicted molar refractivity (Wildman–Crippen MR) is 117 cm³/mol. The third-order valence-corrected chi connectivity index (χ3v) is 5.39. The van der Waals surface area contributed by atoms with Crippen LogP contribution in [0, 0.1) is 18.6 Å². The number of rotatable bonds is 6. The molecule has 4 aromatic rings. The van der Waals surface area contributed by atoms with Crippen LogP contribution in [0.15, 0.2) is 72.1 Å². The van der Waals surface area contributed by atoms with Crippen molar-refractivity contribution in [2.75, 3.05) is 5.32 Å². The normalized spacial score (nSPS) is 10.7. The maximum atomic E-state index is 13.9. The number of amides is 1. The van der Waals surface area contributed by atoms with Gasteiger partial charge >= 0.3 is 0 Å². The minimum Gasteiger partial charge on any atom is -0.489 e. The summed E-state index contributed by atoms with van der Waals surface area (Å²) < 4.78 is 32.8. The summed E-state index contributed by atoms with van der Waals surface area (Å²) in [6.45, 7) is 2.08. The molecule has 0 aliphatic heterocycles. The number of carbonyl (C=O) groups excluding carboxylic acids is 1. The monoisotopic (exact) mass is 436 g/mol. The highest BCUT2D eigenvalue weighted by atomic mass is 32.1. The highest BCUT2D eigenvalue weighted by Crippen LogP contribution is 2.27. The number of ether oxygens (including phenoxy) is 1. The van der Waals surface area contributed by atoms with Crippen LogP contribution in [0.2, 0.25) is 0 Å². The van der Waals surface area contributed by atoms with Crippen molar-refractivity contribution in [2.24, 2.45) is 0 Å². The standard InChI is InChI=1S/C24H18F2N2O2S/c1-15-5-10-20(26)21(11-15)27-23(29)22-14-31-24(28-22)17-6-8-19(9-7-17)30-13-16-3-2-4-18(25)12-16/h2-12,14H,13H2,1H3,(H,27,29). The molecule has 1 N–H and O–H groups in total. The molecule has 0 aliphatic carbocycles. The number of aromatic nitrogens is 1. The molecule has 0 atom stereocenters. The number of aryl methyl sites for hydroxylation is 1. The average molecular weight is 436 g/mol. The van der Waals surface area contributed by atoms with Gasteiger partial charge in [0.15, 0.2) is 0 Å². The topological polar surface area (TPSA) is 51.2 Å². The van der Waals surface area contributed by atoms with Gasteiger partial charge in [0.25, 0.3) is 5.91 Å². The summed E-state index contributed by atoms with van der Waals surface area (Å²) >= 11 is 1.32. The van der Waals surface area contributed by atoms with E-state index in [1.54, 1.807) is 41.8 Å². The van der Waals surface area contributed by atoms with E-state index in [1.165, 1.54) is 29.5 Å².